The molecular weight excluding hydrogens is 400 g/mol. The molecule has 2 N–H and O–H groups in total. The number of hydrogen-bond acceptors (Lipinski definition) is 4. The smallest absolute Gasteiger partial charge is 0.243 e. The lowest BCUT2D eigenvalue weighted by Gasteiger charge is -2.26. The van der Waals surface area contributed by atoms with E-state index in [4.69, 9.17) is 4.74 Å². The van der Waals surface area contributed by atoms with Crippen LogP contribution in [0.5, 0.6) is 0 Å². The molecule has 1 saturated carbocycles. The van der Waals surface area contributed by atoms with Crippen molar-refractivity contribution in [1.29, 1.82) is 0 Å². The van der Waals surface area contributed by atoms with E-state index in [0.717, 1.165) is 69.4 Å². The average molecular weight is 437 g/mol. The van der Waals surface area contributed by atoms with Crippen LogP contribution < -0.4 is 10.6 Å². The van der Waals surface area contributed by atoms with Gasteiger partial charge in [-0.25, -0.2) is 13.4 Å². The summed E-state index contributed by atoms with van der Waals surface area (Å²) in [5, 5.41) is 6.56. The van der Waals surface area contributed by atoms with Gasteiger partial charge in [0.2, 0.25) is 10.0 Å². The predicted octanol–water partition coefficient (Wildman–Crippen LogP) is 2.73. The van der Waals surface area contributed by atoms with Crippen molar-refractivity contribution >= 4 is 16.0 Å². The molecule has 1 aromatic rings. The first-order valence-corrected chi connectivity index (χ1v) is 12.7. The largest absolute Gasteiger partial charge is 0.381 e. The summed E-state index contributed by atoms with van der Waals surface area (Å²) in [4.78, 5) is 4.98. The molecule has 7 nitrogen and oxygen atoms in total. The minimum atomic E-state index is -3.42. The Morgan fingerprint density at radius 3 is 2.73 bits per heavy atom. The summed E-state index contributed by atoms with van der Waals surface area (Å²) in [6.45, 7) is 6.91. The van der Waals surface area contributed by atoms with E-state index >= 15 is 0 Å². The summed E-state index contributed by atoms with van der Waals surface area (Å²) < 4.78 is 33.1. The van der Waals surface area contributed by atoms with Crippen molar-refractivity contribution in [1.82, 2.24) is 14.9 Å². The molecule has 0 bridgehead atoms. The maximum absolute atomic E-state index is 12.9. The second-order valence-electron chi connectivity index (χ2n) is 8.11. The third-order valence-electron chi connectivity index (χ3n) is 5.42. The topological polar surface area (TPSA) is 83.0 Å². The van der Waals surface area contributed by atoms with Crippen LogP contribution in [-0.2, 0) is 21.3 Å². The van der Waals surface area contributed by atoms with Crippen LogP contribution >= 0.6 is 0 Å². The number of ether oxygens (including phenoxy) is 1. The number of benzene rings is 1. The van der Waals surface area contributed by atoms with Gasteiger partial charge in [-0.05, 0) is 62.6 Å². The van der Waals surface area contributed by atoms with E-state index < -0.39 is 10.0 Å². The lowest BCUT2D eigenvalue weighted by Crippen LogP contribution is -2.38. The molecule has 1 aromatic carbocycles. The van der Waals surface area contributed by atoms with Gasteiger partial charge in [0.25, 0.3) is 0 Å². The first kappa shape index (κ1) is 23.0. The fraction of sp³-hybridized carbons (Fsp3) is 0.682. The van der Waals surface area contributed by atoms with Crippen LogP contribution in [0.1, 0.15) is 51.0 Å². The summed E-state index contributed by atoms with van der Waals surface area (Å²) in [6, 6.07) is 7.16. The second-order valence-corrected chi connectivity index (χ2v) is 10.0. The van der Waals surface area contributed by atoms with E-state index in [-0.39, 0.29) is 0 Å². The van der Waals surface area contributed by atoms with Gasteiger partial charge >= 0.3 is 0 Å². The van der Waals surface area contributed by atoms with Crippen molar-refractivity contribution in [2.24, 2.45) is 10.9 Å². The molecule has 0 radical (unpaired) electrons. The number of rotatable bonds is 11. The van der Waals surface area contributed by atoms with E-state index in [9.17, 15) is 8.42 Å². The Labute approximate surface area is 181 Å². The van der Waals surface area contributed by atoms with E-state index in [1.165, 1.54) is 12.8 Å². The SMILES string of the molecule is CCNC(=NCc1cccc(S(=O)(=O)N2CCCCC2)c1)NCCCOCC1CC1. The highest BCUT2D eigenvalue weighted by molar-refractivity contribution is 7.89. The summed E-state index contributed by atoms with van der Waals surface area (Å²) >= 11 is 0. The number of aliphatic imine (C=N–C) groups is 1. The third-order valence-corrected chi connectivity index (χ3v) is 7.32. The van der Waals surface area contributed by atoms with Crippen LogP contribution in [0.3, 0.4) is 0 Å². The van der Waals surface area contributed by atoms with Gasteiger partial charge in [0.05, 0.1) is 11.4 Å². The van der Waals surface area contributed by atoms with Gasteiger partial charge in [-0.2, -0.15) is 4.31 Å². The van der Waals surface area contributed by atoms with Crippen LogP contribution in [0, 0.1) is 5.92 Å². The van der Waals surface area contributed by atoms with Gasteiger partial charge in [0.1, 0.15) is 0 Å². The molecule has 3 rings (SSSR count). The van der Waals surface area contributed by atoms with Crippen molar-refractivity contribution < 1.29 is 13.2 Å². The minimum absolute atomic E-state index is 0.364. The highest BCUT2D eigenvalue weighted by atomic mass is 32.2. The zero-order chi connectivity index (χ0) is 21.2. The van der Waals surface area contributed by atoms with E-state index in [1.54, 1.807) is 22.5 Å². The van der Waals surface area contributed by atoms with Gasteiger partial charge in [-0.3, -0.25) is 0 Å². The van der Waals surface area contributed by atoms with Crippen LogP contribution in [-0.4, -0.2) is 58.1 Å². The summed E-state index contributed by atoms with van der Waals surface area (Å²) in [7, 11) is -3.42. The van der Waals surface area contributed by atoms with Crippen LogP contribution in [0.15, 0.2) is 34.2 Å². The van der Waals surface area contributed by atoms with Gasteiger partial charge in [-0.1, -0.05) is 18.6 Å². The van der Waals surface area contributed by atoms with E-state index in [2.05, 4.69) is 15.6 Å². The zero-order valence-electron chi connectivity index (χ0n) is 18.1. The predicted molar refractivity (Wildman–Crippen MR) is 120 cm³/mol. The molecule has 1 aliphatic heterocycles. The molecule has 168 valence electrons. The third kappa shape index (κ3) is 7.25. The lowest BCUT2D eigenvalue weighted by molar-refractivity contribution is 0.123. The van der Waals surface area contributed by atoms with Gasteiger partial charge in [-0.15, -0.1) is 0 Å². The summed E-state index contributed by atoms with van der Waals surface area (Å²) in [6.07, 6.45) is 6.54. The molecule has 2 aliphatic rings. The lowest BCUT2D eigenvalue weighted by atomic mass is 10.2. The molecule has 1 saturated heterocycles. The van der Waals surface area contributed by atoms with Crippen molar-refractivity contribution in [3.63, 3.8) is 0 Å². The Balaban J connectivity index is 1.52. The maximum Gasteiger partial charge on any atom is 0.243 e. The summed E-state index contributed by atoms with van der Waals surface area (Å²) in [5.41, 5.74) is 0.887. The maximum atomic E-state index is 12.9. The van der Waals surface area contributed by atoms with Crippen LogP contribution in [0.25, 0.3) is 0 Å². The van der Waals surface area contributed by atoms with Crippen molar-refractivity contribution in [2.45, 2.75) is 56.9 Å². The fourth-order valence-corrected chi connectivity index (χ4v) is 5.07. The quantitative estimate of drug-likeness (QED) is 0.317. The molecular formula is C22H36N4O3S. The summed E-state index contributed by atoms with van der Waals surface area (Å²) in [5.74, 6) is 1.54. The second kappa shape index (κ2) is 11.7. The number of sulfonamides is 1. The molecule has 1 heterocycles. The molecule has 30 heavy (non-hydrogen) atoms. The van der Waals surface area contributed by atoms with Gasteiger partial charge in [0, 0.05) is 39.4 Å². The number of nitrogens with one attached hydrogen (secondary N) is 2. The average Bonchev–Trinajstić information content (AvgIpc) is 3.59. The monoisotopic (exact) mass is 436 g/mol. The number of nitrogens with zero attached hydrogens (tertiary/aromatic N) is 2. The molecule has 0 amide bonds. The fourth-order valence-electron chi connectivity index (χ4n) is 3.49. The van der Waals surface area contributed by atoms with Crippen LogP contribution in [0.4, 0.5) is 0 Å². The molecule has 1 aliphatic carbocycles. The molecule has 8 heteroatoms. The standard InChI is InChI=1S/C22H36N4O3S/c1-2-23-22(24-12-7-15-29-18-19-10-11-19)25-17-20-8-6-9-21(16-20)30(27,28)26-13-4-3-5-14-26/h6,8-9,16,19H,2-5,7,10-15,17-18H2,1H3,(H2,23,24,25). The Hall–Kier alpha value is -1.64. The molecule has 0 aromatic heterocycles. The van der Waals surface area contributed by atoms with E-state index in [0.29, 0.717) is 24.5 Å². The normalized spacial score (nSPS) is 18.4. The number of piperidine rings is 1. The highest BCUT2D eigenvalue weighted by Crippen LogP contribution is 2.28. The number of guanidine groups is 1. The molecule has 0 atom stereocenters. The van der Waals surface area contributed by atoms with Gasteiger partial charge < -0.3 is 15.4 Å². The number of hydrogen-bond donors (Lipinski definition) is 2. The van der Waals surface area contributed by atoms with E-state index in [1.807, 2.05) is 13.0 Å². The first-order chi connectivity index (χ1) is 14.6. The highest BCUT2D eigenvalue weighted by Gasteiger charge is 2.25. The van der Waals surface area contributed by atoms with Gasteiger partial charge in [0.15, 0.2) is 5.96 Å². The van der Waals surface area contributed by atoms with Crippen LogP contribution in [0.2, 0.25) is 0 Å². The Kier molecular flexibility index (Phi) is 8.96. The van der Waals surface area contributed by atoms with Crippen molar-refractivity contribution in [3.8, 4) is 0 Å². The Morgan fingerprint density at radius 1 is 1.20 bits per heavy atom. The molecule has 0 unspecified atom stereocenters. The minimum Gasteiger partial charge on any atom is -0.381 e. The Morgan fingerprint density at radius 2 is 2.00 bits per heavy atom. The first-order valence-electron chi connectivity index (χ1n) is 11.3. The molecule has 0 spiro atoms. The zero-order valence-corrected chi connectivity index (χ0v) is 18.9. The molecule has 2 fully saturated rings. The Bertz CT molecular complexity index is 787. The van der Waals surface area contributed by atoms with Crippen molar-refractivity contribution in [3.05, 3.63) is 29.8 Å². The van der Waals surface area contributed by atoms with Crippen molar-refractivity contribution in [2.75, 3.05) is 39.4 Å².